The summed E-state index contributed by atoms with van der Waals surface area (Å²) >= 11 is 3.43. The van der Waals surface area contributed by atoms with Crippen LogP contribution in [-0.2, 0) is 6.54 Å². The predicted octanol–water partition coefficient (Wildman–Crippen LogP) is 3.84. The molecule has 3 aromatic rings. The Labute approximate surface area is 135 Å². The number of aromatic nitrogens is 1. The second-order valence-corrected chi connectivity index (χ2v) is 6.13. The fourth-order valence-corrected chi connectivity index (χ4v) is 2.92. The molecule has 1 aromatic heterocycles. The van der Waals surface area contributed by atoms with E-state index in [1.165, 1.54) is 6.07 Å². The van der Waals surface area contributed by atoms with E-state index in [1.807, 2.05) is 23.6 Å². The third kappa shape index (κ3) is 2.52. The highest BCUT2D eigenvalue weighted by molar-refractivity contribution is 9.10. The van der Waals surface area contributed by atoms with E-state index in [0.29, 0.717) is 17.5 Å². The molecule has 0 saturated heterocycles. The topological polar surface area (TPSA) is 48.0 Å². The molecule has 2 aromatic carbocycles. The Bertz CT molecular complexity index is 934. The third-order valence-electron chi connectivity index (χ3n) is 3.75. The van der Waals surface area contributed by atoms with E-state index < -0.39 is 5.82 Å². The number of benzene rings is 2. The summed E-state index contributed by atoms with van der Waals surface area (Å²) < 4.78 is 16.5. The van der Waals surface area contributed by atoms with Crippen molar-refractivity contribution in [3.63, 3.8) is 0 Å². The molecule has 3 rings (SSSR count). The SMILES string of the molecule is Cc1cc(=O)c2ccc(Br)cc2n1Cc1cccc(F)c1N. The van der Waals surface area contributed by atoms with Gasteiger partial charge >= 0.3 is 0 Å². The van der Waals surface area contributed by atoms with Crippen LogP contribution in [0.25, 0.3) is 10.9 Å². The molecule has 0 radical (unpaired) electrons. The number of fused-ring (bicyclic) bond motifs is 1. The second-order valence-electron chi connectivity index (χ2n) is 5.21. The average Bonchev–Trinajstić information content (AvgIpc) is 2.47. The Morgan fingerprint density at radius 2 is 2.00 bits per heavy atom. The maximum atomic E-state index is 13.6. The molecule has 112 valence electrons. The van der Waals surface area contributed by atoms with Crippen LogP contribution >= 0.6 is 15.9 Å². The van der Waals surface area contributed by atoms with Crippen LogP contribution in [0.2, 0.25) is 0 Å². The molecule has 1 heterocycles. The number of nitrogen functional groups attached to an aromatic ring is 1. The number of rotatable bonds is 2. The first kappa shape index (κ1) is 14.8. The van der Waals surface area contributed by atoms with Crippen LogP contribution in [0.1, 0.15) is 11.3 Å². The van der Waals surface area contributed by atoms with Crippen LogP contribution in [0.4, 0.5) is 10.1 Å². The van der Waals surface area contributed by atoms with Crippen molar-refractivity contribution in [3.05, 3.63) is 74.2 Å². The Morgan fingerprint density at radius 1 is 1.23 bits per heavy atom. The number of anilines is 1. The summed E-state index contributed by atoms with van der Waals surface area (Å²) in [6, 6.07) is 11.9. The van der Waals surface area contributed by atoms with Crippen LogP contribution in [0, 0.1) is 12.7 Å². The molecule has 0 aliphatic heterocycles. The molecule has 0 aliphatic carbocycles. The summed E-state index contributed by atoms with van der Waals surface area (Å²) in [5, 5.41) is 0.628. The van der Waals surface area contributed by atoms with E-state index in [2.05, 4.69) is 15.9 Å². The minimum atomic E-state index is -0.429. The number of para-hydroxylation sites is 1. The minimum absolute atomic E-state index is 0.0246. The zero-order chi connectivity index (χ0) is 15.9. The minimum Gasteiger partial charge on any atom is -0.396 e. The molecule has 0 aliphatic rings. The van der Waals surface area contributed by atoms with Crippen LogP contribution < -0.4 is 11.2 Å². The number of halogens is 2. The summed E-state index contributed by atoms with van der Waals surface area (Å²) in [7, 11) is 0. The van der Waals surface area contributed by atoms with Gasteiger partial charge in [-0.2, -0.15) is 0 Å². The van der Waals surface area contributed by atoms with Gasteiger partial charge in [0.2, 0.25) is 0 Å². The van der Waals surface area contributed by atoms with Gasteiger partial charge in [-0.3, -0.25) is 4.79 Å². The van der Waals surface area contributed by atoms with Crippen molar-refractivity contribution in [2.75, 3.05) is 5.73 Å². The molecule has 2 N–H and O–H groups in total. The van der Waals surface area contributed by atoms with Gasteiger partial charge in [0.05, 0.1) is 11.2 Å². The van der Waals surface area contributed by atoms with Crippen LogP contribution in [-0.4, -0.2) is 4.57 Å². The van der Waals surface area contributed by atoms with Crippen LogP contribution in [0.5, 0.6) is 0 Å². The van der Waals surface area contributed by atoms with E-state index in [4.69, 9.17) is 5.73 Å². The van der Waals surface area contributed by atoms with Gasteiger partial charge in [0.1, 0.15) is 5.82 Å². The number of hydrogen-bond donors (Lipinski definition) is 1. The lowest BCUT2D eigenvalue weighted by Gasteiger charge is -2.16. The van der Waals surface area contributed by atoms with Crippen molar-refractivity contribution >= 4 is 32.5 Å². The molecule has 0 atom stereocenters. The molecular formula is C17H14BrFN2O. The van der Waals surface area contributed by atoms with Gasteiger partial charge in [-0.1, -0.05) is 28.1 Å². The Hall–Kier alpha value is -2.14. The van der Waals surface area contributed by atoms with E-state index in [0.717, 1.165) is 15.7 Å². The van der Waals surface area contributed by atoms with Gasteiger partial charge in [-0.25, -0.2) is 4.39 Å². The number of nitrogens with two attached hydrogens (primary N) is 1. The molecular weight excluding hydrogens is 347 g/mol. The smallest absolute Gasteiger partial charge is 0.189 e. The van der Waals surface area contributed by atoms with Gasteiger partial charge in [0.25, 0.3) is 0 Å². The van der Waals surface area contributed by atoms with E-state index in [-0.39, 0.29) is 11.1 Å². The predicted molar refractivity (Wildman–Crippen MR) is 90.6 cm³/mol. The highest BCUT2D eigenvalue weighted by Crippen LogP contribution is 2.22. The number of nitrogens with zero attached hydrogens (tertiary/aromatic N) is 1. The van der Waals surface area contributed by atoms with Gasteiger partial charge in [0.15, 0.2) is 5.43 Å². The maximum Gasteiger partial charge on any atom is 0.189 e. The first-order valence-electron chi connectivity index (χ1n) is 6.80. The number of aryl methyl sites for hydroxylation is 1. The molecule has 0 bridgehead atoms. The van der Waals surface area contributed by atoms with Crippen molar-refractivity contribution in [1.29, 1.82) is 0 Å². The highest BCUT2D eigenvalue weighted by Gasteiger charge is 2.10. The normalized spacial score (nSPS) is 11.0. The lowest BCUT2D eigenvalue weighted by Crippen LogP contribution is -2.14. The first-order chi connectivity index (χ1) is 10.5. The monoisotopic (exact) mass is 360 g/mol. The van der Waals surface area contributed by atoms with Crippen molar-refractivity contribution in [3.8, 4) is 0 Å². The zero-order valence-electron chi connectivity index (χ0n) is 11.9. The molecule has 0 amide bonds. The third-order valence-corrected chi connectivity index (χ3v) is 4.25. The zero-order valence-corrected chi connectivity index (χ0v) is 13.5. The highest BCUT2D eigenvalue weighted by atomic mass is 79.9. The Morgan fingerprint density at radius 3 is 2.77 bits per heavy atom. The van der Waals surface area contributed by atoms with Crippen molar-refractivity contribution < 1.29 is 4.39 Å². The van der Waals surface area contributed by atoms with Gasteiger partial charge in [0, 0.05) is 28.2 Å². The number of hydrogen-bond acceptors (Lipinski definition) is 2. The summed E-state index contributed by atoms with van der Waals surface area (Å²) in [4.78, 5) is 12.1. The average molecular weight is 361 g/mol. The van der Waals surface area contributed by atoms with Gasteiger partial charge in [-0.05, 0) is 36.8 Å². The summed E-state index contributed by atoms with van der Waals surface area (Å²) in [5.41, 5.74) is 8.23. The van der Waals surface area contributed by atoms with Crippen molar-refractivity contribution in [2.24, 2.45) is 0 Å². The molecule has 0 unspecified atom stereocenters. The fourth-order valence-electron chi connectivity index (χ4n) is 2.57. The van der Waals surface area contributed by atoms with E-state index in [9.17, 15) is 9.18 Å². The largest absolute Gasteiger partial charge is 0.396 e. The standard InChI is InChI=1S/C17H14BrFN2O/c1-10-7-16(22)13-6-5-12(18)8-15(13)21(10)9-11-3-2-4-14(19)17(11)20/h2-8H,9,20H2,1H3. The lowest BCUT2D eigenvalue weighted by atomic mass is 10.1. The van der Waals surface area contributed by atoms with Crippen LogP contribution in [0.3, 0.4) is 0 Å². The molecule has 0 saturated carbocycles. The summed E-state index contributed by atoms with van der Waals surface area (Å²) in [5.74, 6) is -0.429. The van der Waals surface area contributed by atoms with E-state index in [1.54, 1.807) is 24.3 Å². The first-order valence-corrected chi connectivity index (χ1v) is 7.59. The molecule has 22 heavy (non-hydrogen) atoms. The van der Waals surface area contributed by atoms with Crippen molar-refractivity contribution in [1.82, 2.24) is 4.57 Å². The molecule has 0 fully saturated rings. The van der Waals surface area contributed by atoms with E-state index >= 15 is 0 Å². The van der Waals surface area contributed by atoms with Gasteiger partial charge in [-0.15, -0.1) is 0 Å². The molecule has 0 spiro atoms. The fraction of sp³-hybridized carbons (Fsp3) is 0.118. The Kier molecular flexibility index (Phi) is 3.74. The maximum absolute atomic E-state index is 13.6. The van der Waals surface area contributed by atoms with Gasteiger partial charge < -0.3 is 10.3 Å². The van der Waals surface area contributed by atoms with Crippen LogP contribution in [0.15, 0.2) is 51.7 Å². The summed E-state index contributed by atoms with van der Waals surface area (Å²) in [6.07, 6.45) is 0. The lowest BCUT2D eigenvalue weighted by molar-refractivity contribution is 0.629. The quantitative estimate of drug-likeness (QED) is 0.705. The molecule has 5 heteroatoms. The molecule has 3 nitrogen and oxygen atoms in total. The number of pyridine rings is 1. The second kappa shape index (κ2) is 5.57. The van der Waals surface area contributed by atoms with Crippen molar-refractivity contribution in [2.45, 2.75) is 13.5 Å². The summed E-state index contributed by atoms with van der Waals surface area (Å²) in [6.45, 7) is 2.26. The Balaban J connectivity index is 2.24.